The van der Waals surface area contributed by atoms with Gasteiger partial charge in [-0.05, 0) is 6.07 Å². The van der Waals surface area contributed by atoms with Gasteiger partial charge in [-0.2, -0.15) is 0 Å². The Morgan fingerprint density at radius 2 is 1.81 bits per heavy atom. The zero-order valence-electron chi connectivity index (χ0n) is 10.0. The number of methoxy groups -OCH3 is 1. The molecular weight excluding hydrogens is 236 g/mol. The van der Waals surface area contributed by atoms with Crippen molar-refractivity contribution in [2.75, 3.05) is 18.6 Å². The Bertz CT molecular complexity index is 357. The minimum Gasteiger partial charge on any atom is -0.496 e. The fraction of sp³-hybridized carbons (Fsp3) is 0.538. The van der Waals surface area contributed by atoms with E-state index in [9.17, 15) is 0 Å². The Hall–Kier alpha value is -0.280. The second-order valence-corrected chi connectivity index (χ2v) is 7.22. The lowest BCUT2D eigenvalue weighted by Crippen LogP contribution is -2.27. The van der Waals surface area contributed by atoms with Crippen LogP contribution in [0.15, 0.2) is 24.3 Å². The van der Waals surface area contributed by atoms with Crippen LogP contribution in [0.25, 0.3) is 0 Å². The molecule has 0 spiro atoms. The highest BCUT2D eigenvalue weighted by Crippen LogP contribution is 2.47. The second kappa shape index (κ2) is 4.92. The third-order valence-electron chi connectivity index (χ3n) is 3.01. The number of hydrogen-bond acceptors (Lipinski definition) is 3. The molecular formula is C13H18OS2. The maximum Gasteiger partial charge on any atom is 0.122 e. The molecule has 16 heavy (non-hydrogen) atoms. The molecule has 1 aromatic carbocycles. The van der Waals surface area contributed by atoms with E-state index >= 15 is 0 Å². The minimum absolute atomic E-state index is 0.165. The van der Waals surface area contributed by atoms with Gasteiger partial charge in [0, 0.05) is 22.5 Å². The SMILES string of the molecule is COc1ccccc1C(C)(C)C1SCCS1. The molecule has 0 saturated carbocycles. The molecule has 0 aliphatic carbocycles. The summed E-state index contributed by atoms with van der Waals surface area (Å²) in [6.45, 7) is 4.64. The first-order chi connectivity index (χ1) is 7.66. The summed E-state index contributed by atoms with van der Waals surface area (Å²) in [5, 5.41) is 0. The molecule has 0 unspecified atom stereocenters. The normalized spacial score (nSPS) is 17.7. The van der Waals surface area contributed by atoms with Gasteiger partial charge in [-0.25, -0.2) is 0 Å². The molecule has 1 fully saturated rings. The van der Waals surface area contributed by atoms with E-state index in [4.69, 9.17) is 4.74 Å². The van der Waals surface area contributed by atoms with Crippen molar-refractivity contribution in [1.82, 2.24) is 0 Å². The van der Waals surface area contributed by atoms with Crippen LogP contribution in [0.4, 0.5) is 0 Å². The predicted molar refractivity (Wildman–Crippen MR) is 74.7 cm³/mol. The Morgan fingerprint density at radius 1 is 1.19 bits per heavy atom. The average molecular weight is 254 g/mol. The molecule has 1 aliphatic rings. The highest BCUT2D eigenvalue weighted by atomic mass is 32.2. The number of hydrogen-bond donors (Lipinski definition) is 0. The summed E-state index contributed by atoms with van der Waals surface area (Å²) in [6, 6.07) is 8.39. The van der Waals surface area contributed by atoms with Crippen LogP contribution in [0.1, 0.15) is 19.4 Å². The summed E-state index contributed by atoms with van der Waals surface area (Å²) in [5.74, 6) is 3.56. The van der Waals surface area contributed by atoms with E-state index in [1.165, 1.54) is 17.1 Å². The van der Waals surface area contributed by atoms with Crippen LogP contribution in [0.5, 0.6) is 5.75 Å². The van der Waals surface area contributed by atoms with Crippen molar-refractivity contribution in [1.29, 1.82) is 0 Å². The Labute approximate surface area is 106 Å². The predicted octanol–water partition coefficient (Wildman–Crippen LogP) is 3.78. The third kappa shape index (κ3) is 2.21. The van der Waals surface area contributed by atoms with Gasteiger partial charge in [-0.3, -0.25) is 0 Å². The van der Waals surface area contributed by atoms with Gasteiger partial charge in [-0.15, -0.1) is 23.5 Å². The van der Waals surface area contributed by atoms with Crippen molar-refractivity contribution in [3.63, 3.8) is 0 Å². The van der Waals surface area contributed by atoms with Gasteiger partial charge in [0.2, 0.25) is 0 Å². The molecule has 0 aromatic heterocycles. The van der Waals surface area contributed by atoms with Gasteiger partial charge < -0.3 is 4.74 Å². The van der Waals surface area contributed by atoms with E-state index in [-0.39, 0.29) is 5.41 Å². The molecule has 1 nitrogen and oxygen atoms in total. The van der Waals surface area contributed by atoms with Crippen LogP contribution in [0.2, 0.25) is 0 Å². The molecule has 0 N–H and O–H groups in total. The van der Waals surface area contributed by atoms with Crippen LogP contribution in [0, 0.1) is 0 Å². The van der Waals surface area contributed by atoms with Crippen LogP contribution < -0.4 is 4.74 Å². The first kappa shape index (κ1) is 12.2. The van der Waals surface area contributed by atoms with Crippen molar-refractivity contribution in [2.45, 2.75) is 23.8 Å². The summed E-state index contributed by atoms with van der Waals surface area (Å²) in [5.41, 5.74) is 1.49. The summed E-state index contributed by atoms with van der Waals surface area (Å²) < 4.78 is 6.12. The fourth-order valence-electron chi connectivity index (χ4n) is 2.08. The van der Waals surface area contributed by atoms with Gasteiger partial charge in [0.15, 0.2) is 0 Å². The quantitative estimate of drug-likeness (QED) is 0.812. The lowest BCUT2D eigenvalue weighted by atomic mass is 9.86. The molecule has 0 amide bonds. The Kier molecular flexibility index (Phi) is 3.75. The first-order valence-corrected chi connectivity index (χ1v) is 7.62. The monoisotopic (exact) mass is 254 g/mol. The molecule has 1 aromatic rings. The van der Waals surface area contributed by atoms with E-state index in [1.807, 2.05) is 6.07 Å². The largest absolute Gasteiger partial charge is 0.496 e. The van der Waals surface area contributed by atoms with E-state index in [0.717, 1.165) is 5.75 Å². The summed E-state index contributed by atoms with van der Waals surface area (Å²) in [7, 11) is 1.75. The van der Waals surface area contributed by atoms with E-state index in [2.05, 4.69) is 55.6 Å². The van der Waals surface area contributed by atoms with Crippen molar-refractivity contribution >= 4 is 23.5 Å². The molecule has 0 bridgehead atoms. The lowest BCUT2D eigenvalue weighted by molar-refractivity contribution is 0.397. The van der Waals surface area contributed by atoms with E-state index in [1.54, 1.807) is 7.11 Å². The molecule has 1 heterocycles. The Morgan fingerprint density at radius 3 is 2.44 bits per heavy atom. The summed E-state index contributed by atoms with van der Waals surface area (Å²) in [6.07, 6.45) is 0. The number of rotatable bonds is 3. The maximum atomic E-state index is 5.47. The highest BCUT2D eigenvalue weighted by Gasteiger charge is 2.36. The zero-order chi connectivity index (χ0) is 11.6. The third-order valence-corrected chi connectivity index (χ3v) is 6.75. The van der Waals surface area contributed by atoms with E-state index in [0.29, 0.717) is 4.58 Å². The molecule has 88 valence electrons. The molecule has 1 saturated heterocycles. The van der Waals surface area contributed by atoms with Crippen LogP contribution in [-0.2, 0) is 5.41 Å². The second-order valence-electron chi connectivity index (χ2n) is 4.50. The summed E-state index contributed by atoms with van der Waals surface area (Å²) in [4.78, 5) is 0. The summed E-state index contributed by atoms with van der Waals surface area (Å²) >= 11 is 4.14. The van der Waals surface area contributed by atoms with Gasteiger partial charge in [0.1, 0.15) is 5.75 Å². The smallest absolute Gasteiger partial charge is 0.122 e. The highest BCUT2D eigenvalue weighted by molar-refractivity contribution is 8.20. The van der Waals surface area contributed by atoms with Gasteiger partial charge in [-0.1, -0.05) is 32.0 Å². The number of benzene rings is 1. The minimum atomic E-state index is 0.165. The van der Waals surface area contributed by atoms with Gasteiger partial charge in [0.05, 0.1) is 11.7 Å². The lowest BCUT2D eigenvalue weighted by Gasteiger charge is -2.32. The Balaban J connectivity index is 2.33. The van der Waals surface area contributed by atoms with Gasteiger partial charge >= 0.3 is 0 Å². The average Bonchev–Trinajstić information content (AvgIpc) is 2.83. The van der Waals surface area contributed by atoms with Crippen LogP contribution >= 0.6 is 23.5 Å². The van der Waals surface area contributed by atoms with Crippen LogP contribution in [-0.4, -0.2) is 23.2 Å². The molecule has 0 radical (unpaired) electrons. The standard InChI is InChI=1S/C13H18OS2/c1-13(2,12-15-8-9-16-12)10-6-4-5-7-11(10)14-3/h4-7,12H,8-9H2,1-3H3. The van der Waals surface area contributed by atoms with Crippen molar-refractivity contribution in [3.05, 3.63) is 29.8 Å². The van der Waals surface area contributed by atoms with Crippen molar-refractivity contribution in [2.24, 2.45) is 0 Å². The zero-order valence-corrected chi connectivity index (χ0v) is 11.7. The molecule has 1 aliphatic heterocycles. The molecule has 3 heteroatoms. The number of thioether (sulfide) groups is 2. The maximum absolute atomic E-state index is 5.47. The van der Waals surface area contributed by atoms with E-state index < -0.39 is 0 Å². The fourth-order valence-corrected chi connectivity index (χ4v) is 5.33. The topological polar surface area (TPSA) is 9.23 Å². The molecule has 2 rings (SSSR count). The van der Waals surface area contributed by atoms with Gasteiger partial charge in [0.25, 0.3) is 0 Å². The van der Waals surface area contributed by atoms with Crippen molar-refractivity contribution in [3.8, 4) is 5.75 Å². The first-order valence-electron chi connectivity index (χ1n) is 5.53. The molecule has 0 atom stereocenters. The number of ether oxygens (including phenoxy) is 1. The van der Waals surface area contributed by atoms with Crippen molar-refractivity contribution < 1.29 is 4.74 Å². The van der Waals surface area contributed by atoms with Crippen LogP contribution in [0.3, 0.4) is 0 Å². The number of para-hydroxylation sites is 1.